The van der Waals surface area contributed by atoms with Crippen molar-refractivity contribution in [2.45, 2.75) is 65.6 Å². The van der Waals surface area contributed by atoms with E-state index in [2.05, 4.69) is 36.2 Å². The van der Waals surface area contributed by atoms with E-state index in [1.54, 1.807) is 12.4 Å². The first-order chi connectivity index (χ1) is 14.3. The Hall–Kier alpha value is -1.03. The van der Waals surface area contributed by atoms with Crippen LogP contribution in [0.25, 0.3) is 0 Å². The monoisotopic (exact) mass is 496 g/mol. The predicted molar refractivity (Wildman–Crippen MR) is 131 cm³/mol. The van der Waals surface area contributed by atoms with Crippen LogP contribution in [0.3, 0.4) is 0 Å². The molecule has 2 rings (SSSR count). The first-order valence-corrected chi connectivity index (χ1v) is 21.7. The van der Waals surface area contributed by atoms with Gasteiger partial charge in [0.1, 0.15) is 0 Å². The normalized spacial score (nSPS) is 13.4. The summed E-state index contributed by atoms with van der Waals surface area (Å²) in [6.07, 6.45) is 7.13. The third kappa shape index (κ3) is 10.4. The molecule has 0 saturated heterocycles. The van der Waals surface area contributed by atoms with Gasteiger partial charge in [-0.1, -0.05) is 12.1 Å². The van der Waals surface area contributed by atoms with Crippen molar-refractivity contribution >= 4 is 34.2 Å². The highest BCUT2D eigenvalue weighted by molar-refractivity contribution is 6.87. The van der Waals surface area contributed by atoms with Crippen LogP contribution in [0.5, 0.6) is 0 Å². The maximum atomic E-state index is 6.52. The summed E-state index contributed by atoms with van der Waals surface area (Å²) in [5, 5.41) is 0. The molecule has 0 N–H and O–H groups in total. The zero-order valence-electron chi connectivity index (χ0n) is 20.0. The number of hydrogen-bond acceptors (Lipinski definition) is 7. The molecular weight excluding hydrogens is 461 g/mol. The van der Waals surface area contributed by atoms with Gasteiger partial charge in [0.05, 0.1) is 13.2 Å². The fourth-order valence-electron chi connectivity index (χ4n) is 3.36. The first kappa shape index (κ1) is 26.2. The van der Waals surface area contributed by atoms with Crippen molar-refractivity contribution in [1.29, 1.82) is 0 Å². The van der Waals surface area contributed by atoms with E-state index in [0.29, 0.717) is 13.2 Å². The number of aromatic nitrogens is 2. The molecule has 0 fully saturated rings. The van der Waals surface area contributed by atoms with Crippen molar-refractivity contribution in [3.05, 3.63) is 60.2 Å². The van der Waals surface area contributed by atoms with Gasteiger partial charge in [0.15, 0.2) is 0 Å². The van der Waals surface area contributed by atoms with Crippen molar-refractivity contribution in [3.63, 3.8) is 0 Å². The molecular formula is C20H36N2O5Si4. The zero-order valence-corrected chi connectivity index (χ0v) is 24.0. The van der Waals surface area contributed by atoms with Crippen LogP contribution in [0.1, 0.15) is 11.1 Å². The molecule has 2 heterocycles. The largest absolute Gasteiger partial charge is 0.416 e. The molecule has 0 amide bonds. The second kappa shape index (κ2) is 10.7. The summed E-state index contributed by atoms with van der Waals surface area (Å²) in [4.78, 5) is 8.27. The average molecular weight is 497 g/mol. The lowest BCUT2D eigenvalue weighted by Crippen LogP contribution is -2.57. The molecule has 172 valence electrons. The third-order valence-electron chi connectivity index (χ3n) is 4.09. The highest BCUT2D eigenvalue weighted by Crippen LogP contribution is 2.25. The lowest BCUT2D eigenvalue weighted by atomic mass is 10.3. The molecule has 0 aliphatic carbocycles. The Balaban J connectivity index is 1.89. The third-order valence-corrected chi connectivity index (χ3v) is 17.6. The lowest BCUT2D eigenvalue weighted by Gasteiger charge is -2.40. The highest BCUT2D eigenvalue weighted by Gasteiger charge is 2.44. The SMILES string of the molecule is C[Si](C)(OCc1cccnc1)O[Si](C)(C)O[Si](C)(C)O[Si](C)(C)OCc1cccnc1. The van der Waals surface area contributed by atoms with Gasteiger partial charge in [-0.05, 0) is 75.6 Å². The molecule has 0 unspecified atom stereocenters. The Bertz CT molecular complexity index is 740. The van der Waals surface area contributed by atoms with Crippen molar-refractivity contribution in [2.24, 2.45) is 0 Å². The van der Waals surface area contributed by atoms with Gasteiger partial charge in [0.2, 0.25) is 0 Å². The molecule has 0 aromatic carbocycles. The quantitative estimate of drug-likeness (QED) is 0.380. The number of rotatable bonds is 12. The van der Waals surface area contributed by atoms with Gasteiger partial charge >= 0.3 is 34.2 Å². The van der Waals surface area contributed by atoms with E-state index in [4.69, 9.17) is 21.2 Å². The van der Waals surface area contributed by atoms with Gasteiger partial charge in [-0.15, -0.1) is 0 Å². The van der Waals surface area contributed by atoms with Gasteiger partial charge in [-0.25, -0.2) is 0 Å². The smallest absolute Gasteiger partial charge is 0.323 e. The van der Waals surface area contributed by atoms with Gasteiger partial charge < -0.3 is 21.2 Å². The summed E-state index contributed by atoms with van der Waals surface area (Å²) in [5.41, 5.74) is 2.06. The summed E-state index contributed by atoms with van der Waals surface area (Å²) < 4.78 is 31.7. The molecule has 11 heteroatoms. The molecule has 0 radical (unpaired) electrons. The number of hydrogen-bond donors (Lipinski definition) is 0. The van der Waals surface area contributed by atoms with Gasteiger partial charge in [0, 0.05) is 24.8 Å². The van der Waals surface area contributed by atoms with Crippen molar-refractivity contribution < 1.29 is 21.2 Å². The minimum Gasteiger partial charge on any atom is -0.416 e. The van der Waals surface area contributed by atoms with Crippen molar-refractivity contribution in [1.82, 2.24) is 9.97 Å². The van der Waals surface area contributed by atoms with E-state index >= 15 is 0 Å². The Labute approximate surface area is 191 Å². The first-order valence-electron chi connectivity index (χ1n) is 10.4. The van der Waals surface area contributed by atoms with Crippen LogP contribution in [0.4, 0.5) is 0 Å². The molecule has 7 nitrogen and oxygen atoms in total. The Morgan fingerprint density at radius 3 is 1.26 bits per heavy atom. The predicted octanol–water partition coefficient (Wildman–Crippen LogP) is 5.07. The van der Waals surface area contributed by atoms with Crippen LogP contribution >= 0.6 is 0 Å². The lowest BCUT2D eigenvalue weighted by molar-refractivity contribution is 0.201. The zero-order chi connectivity index (χ0) is 23.2. The summed E-state index contributed by atoms with van der Waals surface area (Å²) in [5.74, 6) is 0. The van der Waals surface area contributed by atoms with E-state index in [9.17, 15) is 0 Å². The number of nitrogens with zero attached hydrogens (tertiary/aromatic N) is 2. The molecule has 0 aliphatic rings. The van der Waals surface area contributed by atoms with E-state index < -0.39 is 34.2 Å². The van der Waals surface area contributed by atoms with Gasteiger partial charge in [0.25, 0.3) is 0 Å². The molecule has 0 saturated carbocycles. The van der Waals surface area contributed by atoms with Crippen LogP contribution in [0.2, 0.25) is 52.4 Å². The Morgan fingerprint density at radius 1 is 0.581 bits per heavy atom. The average Bonchev–Trinajstić information content (AvgIpc) is 2.64. The molecule has 2 aromatic rings. The molecule has 0 aliphatic heterocycles. The molecule has 0 atom stereocenters. The molecule has 0 bridgehead atoms. The van der Waals surface area contributed by atoms with Crippen LogP contribution in [-0.4, -0.2) is 44.2 Å². The van der Waals surface area contributed by atoms with E-state index in [0.717, 1.165) is 11.1 Å². The van der Waals surface area contributed by atoms with Crippen LogP contribution < -0.4 is 0 Å². The van der Waals surface area contributed by atoms with Gasteiger partial charge in [-0.3, -0.25) is 9.97 Å². The van der Waals surface area contributed by atoms with E-state index in [-0.39, 0.29) is 0 Å². The van der Waals surface area contributed by atoms with Crippen LogP contribution in [-0.2, 0) is 34.4 Å². The summed E-state index contributed by atoms with van der Waals surface area (Å²) in [6.45, 7) is 17.4. The van der Waals surface area contributed by atoms with Crippen LogP contribution in [0, 0.1) is 0 Å². The van der Waals surface area contributed by atoms with Crippen molar-refractivity contribution in [3.8, 4) is 0 Å². The minimum absolute atomic E-state index is 0.483. The second-order valence-corrected chi connectivity index (χ2v) is 23.4. The fraction of sp³-hybridized carbons (Fsp3) is 0.500. The summed E-state index contributed by atoms with van der Waals surface area (Å²) >= 11 is 0. The summed E-state index contributed by atoms with van der Waals surface area (Å²) in [7, 11) is -9.75. The Kier molecular flexibility index (Phi) is 9.07. The van der Waals surface area contributed by atoms with Crippen molar-refractivity contribution in [2.75, 3.05) is 0 Å². The standard InChI is InChI=1S/C20H36N2O5Si4/c1-28(2,23-17-19-11-9-13-21-15-19)25-30(5,6)27-31(7,8)26-29(3,4)24-18-20-12-10-14-22-16-20/h9-16H,17-18H2,1-8H3. The maximum Gasteiger partial charge on any atom is 0.323 e. The Morgan fingerprint density at radius 2 is 0.935 bits per heavy atom. The van der Waals surface area contributed by atoms with Crippen LogP contribution in [0.15, 0.2) is 49.1 Å². The topological polar surface area (TPSA) is 71.9 Å². The summed E-state index contributed by atoms with van der Waals surface area (Å²) in [6, 6.07) is 7.81. The van der Waals surface area contributed by atoms with E-state index in [1.807, 2.05) is 62.8 Å². The van der Waals surface area contributed by atoms with E-state index in [1.165, 1.54) is 0 Å². The molecule has 31 heavy (non-hydrogen) atoms. The molecule has 0 spiro atoms. The molecule has 2 aromatic heterocycles. The second-order valence-electron chi connectivity index (χ2n) is 9.21. The fourth-order valence-corrected chi connectivity index (χ4v) is 20.1. The number of pyridine rings is 2. The maximum absolute atomic E-state index is 6.52. The minimum atomic E-state index is -2.48. The van der Waals surface area contributed by atoms with Gasteiger partial charge in [-0.2, -0.15) is 0 Å². The highest BCUT2D eigenvalue weighted by atomic mass is 28.5.